The second-order valence-electron chi connectivity index (χ2n) is 9.10. The molecule has 2 saturated carbocycles. The lowest BCUT2D eigenvalue weighted by atomic mass is 9.64. The molecular formula is C28H33F. The molecule has 2 fully saturated rings. The van der Waals surface area contributed by atoms with Gasteiger partial charge < -0.3 is 0 Å². The van der Waals surface area contributed by atoms with E-state index in [1.807, 2.05) is 18.2 Å². The summed E-state index contributed by atoms with van der Waals surface area (Å²) in [6.45, 7) is 7.75. The highest BCUT2D eigenvalue weighted by molar-refractivity contribution is 5.65. The minimum atomic E-state index is -0.126. The van der Waals surface area contributed by atoms with Gasteiger partial charge in [-0.05, 0) is 97.8 Å². The molecule has 0 radical (unpaired) electrons. The maximum Gasteiger partial charge on any atom is 0.131 e. The molecule has 1 heteroatoms. The predicted molar refractivity (Wildman–Crippen MR) is 121 cm³/mol. The molecule has 0 spiro atoms. The second kappa shape index (κ2) is 9.11. The summed E-state index contributed by atoms with van der Waals surface area (Å²) in [5.74, 6) is 3.06. The molecule has 152 valence electrons. The number of fused-ring (bicyclic) bond motifs is 1. The molecule has 2 aliphatic carbocycles. The summed E-state index contributed by atoms with van der Waals surface area (Å²) in [6.07, 6.45) is 13.8. The van der Waals surface area contributed by atoms with Crippen LogP contribution in [0.5, 0.6) is 0 Å². The van der Waals surface area contributed by atoms with Crippen LogP contribution in [0.4, 0.5) is 4.39 Å². The molecule has 0 amide bonds. The smallest absolute Gasteiger partial charge is 0.131 e. The van der Waals surface area contributed by atoms with Gasteiger partial charge in [-0.25, -0.2) is 4.39 Å². The van der Waals surface area contributed by atoms with Crippen LogP contribution >= 0.6 is 0 Å². The SMILES string of the molecule is C=CCCc1ccc(-c2ccc(C3CCC4CC(C=C)CCC4C3)cc2)c(F)c1. The van der Waals surface area contributed by atoms with Crippen molar-refractivity contribution in [2.75, 3.05) is 0 Å². The van der Waals surface area contributed by atoms with Crippen LogP contribution in [-0.2, 0) is 6.42 Å². The molecule has 0 nitrogen and oxygen atoms in total. The van der Waals surface area contributed by atoms with Crippen LogP contribution in [0.1, 0.15) is 62.0 Å². The van der Waals surface area contributed by atoms with Gasteiger partial charge in [0.05, 0.1) is 0 Å². The predicted octanol–water partition coefficient (Wildman–Crippen LogP) is 8.10. The van der Waals surface area contributed by atoms with E-state index < -0.39 is 0 Å². The quantitative estimate of drug-likeness (QED) is 0.439. The standard InChI is InChI=1S/C28H33F/c1-3-5-6-21-8-16-27(28(29)18-21)23-12-10-22(11-13-23)25-15-14-24-17-20(4-2)7-9-26(24)19-25/h3-4,8,10-13,16,18,20,24-26H,1-2,5-7,9,14-15,17,19H2. The van der Waals surface area contributed by atoms with Crippen LogP contribution < -0.4 is 0 Å². The Kier molecular flexibility index (Phi) is 6.33. The molecule has 4 rings (SSSR count). The first-order chi connectivity index (χ1) is 14.2. The molecule has 0 saturated heterocycles. The van der Waals surface area contributed by atoms with Crippen LogP contribution in [0.3, 0.4) is 0 Å². The van der Waals surface area contributed by atoms with Gasteiger partial charge in [0.2, 0.25) is 0 Å². The van der Waals surface area contributed by atoms with Crippen molar-refractivity contribution in [1.29, 1.82) is 0 Å². The fourth-order valence-corrected chi connectivity index (χ4v) is 5.59. The van der Waals surface area contributed by atoms with Gasteiger partial charge in [0.15, 0.2) is 0 Å². The molecule has 0 aromatic heterocycles. The topological polar surface area (TPSA) is 0 Å². The van der Waals surface area contributed by atoms with E-state index in [1.54, 1.807) is 6.07 Å². The molecule has 0 N–H and O–H groups in total. The number of halogens is 1. The Balaban J connectivity index is 1.43. The minimum Gasteiger partial charge on any atom is -0.206 e. The summed E-state index contributed by atoms with van der Waals surface area (Å²) >= 11 is 0. The Morgan fingerprint density at radius 1 is 0.897 bits per heavy atom. The molecule has 2 aromatic carbocycles. The Hall–Kier alpha value is -2.15. The summed E-state index contributed by atoms with van der Waals surface area (Å²) in [6, 6.07) is 14.3. The zero-order valence-corrected chi connectivity index (χ0v) is 17.5. The summed E-state index contributed by atoms with van der Waals surface area (Å²) in [5, 5.41) is 0. The molecule has 29 heavy (non-hydrogen) atoms. The van der Waals surface area contributed by atoms with E-state index in [4.69, 9.17) is 0 Å². The van der Waals surface area contributed by atoms with Gasteiger partial charge in [0.25, 0.3) is 0 Å². The largest absolute Gasteiger partial charge is 0.206 e. The van der Waals surface area contributed by atoms with Crippen molar-refractivity contribution in [2.45, 2.75) is 57.3 Å². The maximum atomic E-state index is 14.6. The zero-order chi connectivity index (χ0) is 20.2. The van der Waals surface area contributed by atoms with E-state index in [-0.39, 0.29) is 5.82 Å². The molecule has 0 bridgehead atoms. The molecule has 0 heterocycles. The van der Waals surface area contributed by atoms with E-state index in [1.165, 1.54) is 44.1 Å². The van der Waals surface area contributed by atoms with Crippen LogP contribution in [0, 0.1) is 23.6 Å². The maximum absolute atomic E-state index is 14.6. The van der Waals surface area contributed by atoms with Crippen molar-refractivity contribution in [3.63, 3.8) is 0 Å². The average Bonchev–Trinajstić information content (AvgIpc) is 2.77. The summed E-state index contributed by atoms with van der Waals surface area (Å²) in [5.41, 5.74) is 4.14. The van der Waals surface area contributed by atoms with E-state index in [0.717, 1.165) is 41.7 Å². The van der Waals surface area contributed by atoms with Crippen LogP contribution in [0.2, 0.25) is 0 Å². The highest BCUT2D eigenvalue weighted by Gasteiger charge is 2.35. The summed E-state index contributed by atoms with van der Waals surface area (Å²) < 4.78 is 14.6. The van der Waals surface area contributed by atoms with Crippen molar-refractivity contribution in [2.24, 2.45) is 17.8 Å². The molecule has 0 aliphatic heterocycles. The Morgan fingerprint density at radius 3 is 2.38 bits per heavy atom. The molecule has 2 aromatic rings. The number of allylic oxidation sites excluding steroid dienone is 2. The van der Waals surface area contributed by atoms with E-state index >= 15 is 0 Å². The van der Waals surface area contributed by atoms with Gasteiger partial charge >= 0.3 is 0 Å². The van der Waals surface area contributed by atoms with E-state index in [0.29, 0.717) is 11.5 Å². The first-order valence-corrected chi connectivity index (χ1v) is 11.3. The highest BCUT2D eigenvalue weighted by Crippen LogP contribution is 2.47. The second-order valence-corrected chi connectivity index (χ2v) is 9.10. The van der Waals surface area contributed by atoms with E-state index in [9.17, 15) is 4.39 Å². The lowest BCUT2D eigenvalue weighted by Crippen LogP contribution is -2.29. The lowest BCUT2D eigenvalue weighted by Gasteiger charge is -2.41. The first kappa shape index (κ1) is 20.1. The van der Waals surface area contributed by atoms with Crippen molar-refractivity contribution in [3.8, 4) is 11.1 Å². The van der Waals surface area contributed by atoms with Crippen LogP contribution in [0.25, 0.3) is 11.1 Å². The number of hydrogen-bond acceptors (Lipinski definition) is 0. The summed E-state index contributed by atoms with van der Waals surface area (Å²) in [4.78, 5) is 0. The molecule has 2 aliphatic rings. The third kappa shape index (κ3) is 4.55. The van der Waals surface area contributed by atoms with Gasteiger partial charge in [-0.3, -0.25) is 0 Å². The van der Waals surface area contributed by atoms with Gasteiger partial charge in [-0.2, -0.15) is 0 Å². The number of hydrogen-bond donors (Lipinski definition) is 0. The van der Waals surface area contributed by atoms with Crippen molar-refractivity contribution >= 4 is 0 Å². The minimum absolute atomic E-state index is 0.126. The number of rotatable bonds is 6. The number of benzene rings is 2. The van der Waals surface area contributed by atoms with E-state index in [2.05, 4.69) is 43.5 Å². The fourth-order valence-electron chi connectivity index (χ4n) is 5.59. The third-order valence-electron chi connectivity index (χ3n) is 7.35. The van der Waals surface area contributed by atoms with Gasteiger partial charge in [0.1, 0.15) is 5.82 Å². The van der Waals surface area contributed by atoms with Crippen LogP contribution in [-0.4, -0.2) is 0 Å². The van der Waals surface area contributed by atoms with Gasteiger partial charge in [-0.15, -0.1) is 13.2 Å². The lowest BCUT2D eigenvalue weighted by molar-refractivity contribution is 0.133. The Bertz CT molecular complexity index is 847. The average molecular weight is 389 g/mol. The fraction of sp³-hybridized carbons (Fsp3) is 0.429. The van der Waals surface area contributed by atoms with Crippen molar-refractivity contribution in [1.82, 2.24) is 0 Å². The highest BCUT2D eigenvalue weighted by atomic mass is 19.1. The first-order valence-electron chi connectivity index (χ1n) is 11.3. The monoisotopic (exact) mass is 388 g/mol. The molecule has 4 atom stereocenters. The Labute approximate surface area is 175 Å². The third-order valence-corrected chi connectivity index (χ3v) is 7.35. The Morgan fingerprint density at radius 2 is 1.66 bits per heavy atom. The van der Waals surface area contributed by atoms with Crippen molar-refractivity contribution < 1.29 is 4.39 Å². The van der Waals surface area contributed by atoms with Gasteiger partial charge in [0, 0.05) is 5.56 Å². The normalized spacial score (nSPS) is 26.5. The molecular weight excluding hydrogens is 355 g/mol. The van der Waals surface area contributed by atoms with Crippen molar-refractivity contribution in [3.05, 3.63) is 84.7 Å². The van der Waals surface area contributed by atoms with Crippen LogP contribution in [0.15, 0.2) is 67.8 Å². The molecule has 4 unspecified atom stereocenters. The number of aryl methyl sites for hydroxylation is 1. The summed E-state index contributed by atoms with van der Waals surface area (Å²) in [7, 11) is 0. The van der Waals surface area contributed by atoms with Gasteiger partial charge in [-0.1, -0.05) is 48.6 Å². The zero-order valence-electron chi connectivity index (χ0n) is 17.5.